The Labute approximate surface area is 177 Å². The molecule has 1 aliphatic carbocycles. The SMILES string of the molecule is Cc1cc(N2CCN(C(C(=O)NC3CC3)c3ccc(F)cc3)CC2)nc(C(C)C)n1. The zero-order valence-electron chi connectivity index (χ0n) is 17.9. The summed E-state index contributed by atoms with van der Waals surface area (Å²) in [6.45, 7) is 9.23. The van der Waals surface area contributed by atoms with Crippen LogP contribution in [0.5, 0.6) is 0 Å². The smallest absolute Gasteiger partial charge is 0.242 e. The van der Waals surface area contributed by atoms with Crippen LogP contribution in [0.15, 0.2) is 30.3 Å². The Hall–Kier alpha value is -2.54. The van der Waals surface area contributed by atoms with E-state index in [-0.39, 0.29) is 17.6 Å². The number of amides is 1. The topological polar surface area (TPSA) is 61.4 Å². The molecule has 2 fully saturated rings. The lowest BCUT2D eigenvalue weighted by Gasteiger charge is -2.39. The predicted octanol–water partition coefficient (Wildman–Crippen LogP) is 3.19. The second-order valence-electron chi connectivity index (χ2n) is 8.64. The van der Waals surface area contributed by atoms with Gasteiger partial charge in [-0.05, 0) is 37.5 Å². The lowest BCUT2D eigenvalue weighted by molar-refractivity contribution is -0.127. The van der Waals surface area contributed by atoms with Crippen LogP contribution in [0.1, 0.15) is 55.7 Å². The first-order chi connectivity index (χ1) is 14.4. The van der Waals surface area contributed by atoms with Gasteiger partial charge in [-0.15, -0.1) is 0 Å². The zero-order valence-corrected chi connectivity index (χ0v) is 17.9. The minimum absolute atomic E-state index is 0.0116. The van der Waals surface area contributed by atoms with Gasteiger partial charge in [0.05, 0.1) is 0 Å². The standard InChI is InChI=1S/C23H30FN5O/c1-15(2)22-25-16(3)14-20(27-22)28-10-12-29(13-11-28)21(23(30)26-19-8-9-19)17-4-6-18(24)7-5-17/h4-7,14-15,19,21H,8-13H2,1-3H3,(H,26,30). The fourth-order valence-corrected chi connectivity index (χ4v) is 3.88. The first kappa shape index (κ1) is 20.7. The summed E-state index contributed by atoms with van der Waals surface area (Å²) >= 11 is 0. The van der Waals surface area contributed by atoms with E-state index in [0.29, 0.717) is 6.04 Å². The average Bonchev–Trinajstić information content (AvgIpc) is 3.53. The zero-order chi connectivity index (χ0) is 21.3. The maximum atomic E-state index is 13.4. The molecule has 1 unspecified atom stereocenters. The molecule has 1 saturated heterocycles. The highest BCUT2D eigenvalue weighted by molar-refractivity contribution is 5.83. The Kier molecular flexibility index (Phi) is 5.99. The molecule has 6 nitrogen and oxygen atoms in total. The summed E-state index contributed by atoms with van der Waals surface area (Å²) in [5.74, 6) is 1.81. The molecule has 1 aliphatic heterocycles. The van der Waals surface area contributed by atoms with Gasteiger partial charge in [-0.25, -0.2) is 14.4 Å². The number of aromatic nitrogens is 2. The molecule has 30 heavy (non-hydrogen) atoms. The quantitative estimate of drug-likeness (QED) is 0.791. The summed E-state index contributed by atoms with van der Waals surface area (Å²) in [6.07, 6.45) is 2.09. The number of aryl methyl sites for hydroxylation is 1. The molecule has 1 aromatic heterocycles. The van der Waals surface area contributed by atoms with Crippen molar-refractivity contribution in [2.45, 2.75) is 51.6 Å². The van der Waals surface area contributed by atoms with Crippen molar-refractivity contribution >= 4 is 11.7 Å². The second-order valence-corrected chi connectivity index (χ2v) is 8.64. The van der Waals surface area contributed by atoms with Crippen LogP contribution in [0.3, 0.4) is 0 Å². The summed E-state index contributed by atoms with van der Waals surface area (Å²) in [7, 11) is 0. The largest absolute Gasteiger partial charge is 0.354 e. The molecule has 0 bridgehead atoms. The Morgan fingerprint density at radius 2 is 1.77 bits per heavy atom. The number of piperazine rings is 1. The van der Waals surface area contributed by atoms with Gasteiger partial charge in [-0.2, -0.15) is 0 Å². The molecule has 2 aromatic rings. The molecule has 160 valence electrons. The number of carbonyl (C=O) groups is 1. The van der Waals surface area contributed by atoms with Crippen molar-refractivity contribution in [3.63, 3.8) is 0 Å². The number of hydrogen-bond acceptors (Lipinski definition) is 5. The molecule has 1 N–H and O–H groups in total. The second kappa shape index (κ2) is 8.68. The van der Waals surface area contributed by atoms with Gasteiger partial charge in [0.1, 0.15) is 23.5 Å². The molecule has 0 spiro atoms. The number of anilines is 1. The summed E-state index contributed by atoms with van der Waals surface area (Å²) in [6, 6.07) is 8.23. The fraction of sp³-hybridized carbons (Fsp3) is 0.522. The fourth-order valence-electron chi connectivity index (χ4n) is 3.88. The van der Waals surface area contributed by atoms with Crippen molar-refractivity contribution in [2.75, 3.05) is 31.1 Å². The number of nitrogens with zero attached hydrogens (tertiary/aromatic N) is 4. The maximum absolute atomic E-state index is 13.4. The van der Waals surface area contributed by atoms with Gasteiger partial charge in [0.25, 0.3) is 0 Å². The minimum atomic E-state index is -0.397. The van der Waals surface area contributed by atoms with Crippen LogP contribution in [0.4, 0.5) is 10.2 Å². The Bertz CT molecular complexity index is 889. The van der Waals surface area contributed by atoms with Crippen molar-refractivity contribution < 1.29 is 9.18 Å². The molecular weight excluding hydrogens is 381 g/mol. The van der Waals surface area contributed by atoms with Gasteiger partial charge in [0.2, 0.25) is 5.91 Å². The summed E-state index contributed by atoms with van der Waals surface area (Å²) < 4.78 is 13.4. The molecule has 1 atom stereocenters. The summed E-state index contributed by atoms with van der Waals surface area (Å²) in [5, 5.41) is 3.13. The molecule has 4 rings (SSSR count). The number of carbonyl (C=O) groups excluding carboxylic acids is 1. The molecule has 0 radical (unpaired) electrons. The third kappa shape index (κ3) is 4.78. The third-order valence-corrected chi connectivity index (χ3v) is 5.74. The van der Waals surface area contributed by atoms with Crippen molar-refractivity contribution in [1.29, 1.82) is 0 Å². The van der Waals surface area contributed by atoms with E-state index in [0.717, 1.165) is 61.9 Å². The number of rotatable bonds is 6. The molecule has 2 aliphatic rings. The maximum Gasteiger partial charge on any atom is 0.242 e. The minimum Gasteiger partial charge on any atom is -0.354 e. The molecule has 1 saturated carbocycles. The van der Waals surface area contributed by atoms with Crippen LogP contribution in [0.2, 0.25) is 0 Å². The average molecular weight is 412 g/mol. The van der Waals surface area contributed by atoms with Crippen LogP contribution < -0.4 is 10.2 Å². The van der Waals surface area contributed by atoms with E-state index in [1.54, 1.807) is 12.1 Å². The number of halogens is 1. The molecular formula is C23H30FN5O. The highest BCUT2D eigenvalue weighted by atomic mass is 19.1. The number of hydrogen-bond donors (Lipinski definition) is 1. The highest BCUT2D eigenvalue weighted by Gasteiger charge is 2.34. The Balaban J connectivity index is 1.49. The molecule has 1 amide bonds. The van der Waals surface area contributed by atoms with E-state index in [4.69, 9.17) is 4.98 Å². The summed E-state index contributed by atoms with van der Waals surface area (Å²) in [4.78, 5) is 26.8. The van der Waals surface area contributed by atoms with Gasteiger partial charge < -0.3 is 10.2 Å². The van der Waals surface area contributed by atoms with Gasteiger partial charge in [-0.3, -0.25) is 9.69 Å². The van der Waals surface area contributed by atoms with E-state index in [9.17, 15) is 9.18 Å². The van der Waals surface area contributed by atoms with E-state index < -0.39 is 6.04 Å². The van der Waals surface area contributed by atoms with E-state index in [1.807, 2.05) is 13.0 Å². The Morgan fingerprint density at radius 3 is 2.37 bits per heavy atom. The highest BCUT2D eigenvalue weighted by Crippen LogP contribution is 2.27. The van der Waals surface area contributed by atoms with Crippen molar-refractivity contribution in [3.05, 3.63) is 53.2 Å². The molecule has 1 aromatic carbocycles. The van der Waals surface area contributed by atoms with E-state index >= 15 is 0 Å². The molecule has 7 heteroatoms. The van der Waals surface area contributed by atoms with Crippen LogP contribution in [-0.4, -0.2) is 53.0 Å². The van der Waals surface area contributed by atoms with Gasteiger partial charge in [0, 0.05) is 49.9 Å². The normalized spacial score (nSPS) is 18.5. The first-order valence-corrected chi connectivity index (χ1v) is 10.8. The Morgan fingerprint density at radius 1 is 1.10 bits per heavy atom. The van der Waals surface area contributed by atoms with Crippen LogP contribution in [-0.2, 0) is 4.79 Å². The predicted molar refractivity (Wildman–Crippen MR) is 115 cm³/mol. The van der Waals surface area contributed by atoms with Gasteiger partial charge >= 0.3 is 0 Å². The lowest BCUT2D eigenvalue weighted by atomic mass is 10.0. The van der Waals surface area contributed by atoms with E-state index in [2.05, 4.69) is 33.9 Å². The number of nitrogens with one attached hydrogen (secondary N) is 1. The summed E-state index contributed by atoms with van der Waals surface area (Å²) in [5.41, 5.74) is 1.81. The number of benzene rings is 1. The van der Waals surface area contributed by atoms with Crippen molar-refractivity contribution in [3.8, 4) is 0 Å². The van der Waals surface area contributed by atoms with Gasteiger partial charge in [0.15, 0.2) is 0 Å². The van der Waals surface area contributed by atoms with E-state index in [1.165, 1.54) is 12.1 Å². The van der Waals surface area contributed by atoms with Crippen LogP contribution in [0, 0.1) is 12.7 Å². The lowest BCUT2D eigenvalue weighted by Crippen LogP contribution is -2.51. The van der Waals surface area contributed by atoms with Crippen LogP contribution in [0.25, 0.3) is 0 Å². The molecule has 2 heterocycles. The monoisotopic (exact) mass is 411 g/mol. The first-order valence-electron chi connectivity index (χ1n) is 10.8. The van der Waals surface area contributed by atoms with Crippen molar-refractivity contribution in [1.82, 2.24) is 20.2 Å². The third-order valence-electron chi connectivity index (χ3n) is 5.74. The van der Waals surface area contributed by atoms with Crippen molar-refractivity contribution in [2.24, 2.45) is 0 Å². The van der Waals surface area contributed by atoms with Gasteiger partial charge in [-0.1, -0.05) is 26.0 Å². The van der Waals surface area contributed by atoms with Crippen LogP contribution >= 0.6 is 0 Å².